The van der Waals surface area contributed by atoms with Gasteiger partial charge in [-0.15, -0.1) is 11.6 Å². The molecule has 0 saturated heterocycles. The number of rotatable bonds is 5. The van der Waals surface area contributed by atoms with Crippen molar-refractivity contribution in [3.8, 4) is 11.5 Å². The van der Waals surface area contributed by atoms with E-state index in [-0.39, 0.29) is 0 Å². The number of halogens is 1. The second kappa shape index (κ2) is 6.46. The summed E-state index contributed by atoms with van der Waals surface area (Å²) < 4.78 is 5.82. The Balaban J connectivity index is 2.09. The third-order valence-electron chi connectivity index (χ3n) is 2.75. The van der Waals surface area contributed by atoms with Crippen LogP contribution < -0.4 is 4.74 Å². The molecule has 2 aromatic carbocycles. The standard InChI is InChI=1S/C16H17ClO/c1-2-4-13-5-3-6-16(11-13)18-15-9-7-14(12-17)8-10-15/h3,5-11H,2,4,12H2,1H3. The molecule has 2 rings (SSSR count). The second-order valence-electron chi connectivity index (χ2n) is 4.28. The highest BCUT2D eigenvalue weighted by atomic mass is 35.5. The van der Waals surface area contributed by atoms with Crippen LogP contribution in [-0.2, 0) is 12.3 Å². The zero-order valence-electron chi connectivity index (χ0n) is 10.5. The molecule has 0 fully saturated rings. The van der Waals surface area contributed by atoms with E-state index in [9.17, 15) is 0 Å². The minimum absolute atomic E-state index is 0.534. The minimum atomic E-state index is 0.534. The number of hydrogen-bond donors (Lipinski definition) is 0. The lowest BCUT2D eigenvalue weighted by Crippen LogP contribution is -1.88. The van der Waals surface area contributed by atoms with Crippen molar-refractivity contribution in [2.75, 3.05) is 0 Å². The fourth-order valence-corrected chi connectivity index (χ4v) is 2.01. The van der Waals surface area contributed by atoms with Crippen LogP contribution in [0.2, 0.25) is 0 Å². The van der Waals surface area contributed by atoms with Gasteiger partial charge in [0.05, 0.1) is 0 Å². The fraction of sp³-hybridized carbons (Fsp3) is 0.250. The van der Waals surface area contributed by atoms with E-state index in [0.29, 0.717) is 5.88 Å². The highest BCUT2D eigenvalue weighted by Crippen LogP contribution is 2.23. The molecule has 94 valence electrons. The summed E-state index contributed by atoms with van der Waals surface area (Å²) in [6.45, 7) is 2.18. The molecule has 0 aromatic heterocycles. The maximum absolute atomic E-state index is 5.82. The first-order valence-corrected chi connectivity index (χ1v) is 6.77. The summed E-state index contributed by atoms with van der Waals surface area (Å²) in [5.74, 6) is 2.27. The Kier molecular flexibility index (Phi) is 4.66. The Bertz CT molecular complexity index is 491. The van der Waals surface area contributed by atoms with Crippen LogP contribution in [0.4, 0.5) is 0 Å². The zero-order valence-corrected chi connectivity index (χ0v) is 11.3. The molecule has 0 radical (unpaired) electrons. The summed E-state index contributed by atoms with van der Waals surface area (Å²) >= 11 is 5.75. The maximum Gasteiger partial charge on any atom is 0.127 e. The van der Waals surface area contributed by atoms with Gasteiger partial charge in [0.15, 0.2) is 0 Å². The lowest BCUT2D eigenvalue weighted by Gasteiger charge is -2.07. The van der Waals surface area contributed by atoms with Crippen LogP contribution in [0.25, 0.3) is 0 Å². The lowest BCUT2D eigenvalue weighted by atomic mass is 10.1. The van der Waals surface area contributed by atoms with Gasteiger partial charge >= 0.3 is 0 Å². The number of alkyl halides is 1. The molecule has 0 spiro atoms. The van der Waals surface area contributed by atoms with Crippen LogP contribution in [-0.4, -0.2) is 0 Å². The van der Waals surface area contributed by atoms with Crippen molar-refractivity contribution in [1.29, 1.82) is 0 Å². The molecule has 1 nitrogen and oxygen atoms in total. The summed E-state index contributed by atoms with van der Waals surface area (Å²) in [4.78, 5) is 0. The van der Waals surface area contributed by atoms with Crippen LogP contribution >= 0.6 is 11.6 Å². The molecule has 2 aromatic rings. The monoisotopic (exact) mass is 260 g/mol. The average Bonchev–Trinajstić information content (AvgIpc) is 2.40. The Labute approximate surface area is 113 Å². The Morgan fingerprint density at radius 2 is 1.72 bits per heavy atom. The van der Waals surface area contributed by atoms with Gasteiger partial charge in [-0.2, -0.15) is 0 Å². The molecule has 0 bridgehead atoms. The first-order valence-electron chi connectivity index (χ1n) is 6.23. The van der Waals surface area contributed by atoms with Crippen LogP contribution in [0.5, 0.6) is 11.5 Å². The molecule has 0 aliphatic rings. The van der Waals surface area contributed by atoms with Crippen molar-refractivity contribution in [2.24, 2.45) is 0 Å². The molecular formula is C16H17ClO. The Hall–Kier alpha value is -1.47. The van der Waals surface area contributed by atoms with Gasteiger partial charge in [0.25, 0.3) is 0 Å². The number of benzene rings is 2. The van der Waals surface area contributed by atoms with Gasteiger partial charge in [0, 0.05) is 5.88 Å². The second-order valence-corrected chi connectivity index (χ2v) is 4.54. The average molecular weight is 261 g/mol. The summed E-state index contributed by atoms with van der Waals surface area (Å²) in [5.41, 5.74) is 2.41. The molecule has 18 heavy (non-hydrogen) atoms. The predicted octanol–water partition coefficient (Wildman–Crippen LogP) is 5.17. The molecule has 0 atom stereocenters. The molecule has 0 unspecified atom stereocenters. The molecule has 0 aliphatic carbocycles. The SMILES string of the molecule is CCCc1cccc(Oc2ccc(CCl)cc2)c1. The molecule has 0 amide bonds. The van der Waals surface area contributed by atoms with Crippen LogP contribution in [0, 0.1) is 0 Å². The van der Waals surface area contributed by atoms with Crippen molar-refractivity contribution in [3.63, 3.8) is 0 Å². The summed E-state index contributed by atoms with van der Waals surface area (Å²) in [6.07, 6.45) is 2.23. The largest absolute Gasteiger partial charge is 0.457 e. The van der Waals surface area contributed by atoms with Gasteiger partial charge in [-0.05, 0) is 41.8 Å². The van der Waals surface area contributed by atoms with Crippen molar-refractivity contribution in [2.45, 2.75) is 25.6 Å². The molecule has 0 saturated carbocycles. The quantitative estimate of drug-likeness (QED) is 0.674. The molecule has 0 N–H and O–H groups in total. The van der Waals surface area contributed by atoms with E-state index in [1.165, 1.54) is 5.56 Å². The Morgan fingerprint density at radius 3 is 2.39 bits per heavy atom. The van der Waals surface area contributed by atoms with Gasteiger partial charge in [0.2, 0.25) is 0 Å². The molecule has 0 heterocycles. The normalized spacial score (nSPS) is 10.3. The smallest absolute Gasteiger partial charge is 0.127 e. The lowest BCUT2D eigenvalue weighted by molar-refractivity contribution is 0.482. The van der Waals surface area contributed by atoms with Crippen LogP contribution in [0.3, 0.4) is 0 Å². The van der Waals surface area contributed by atoms with Crippen molar-refractivity contribution >= 4 is 11.6 Å². The third kappa shape index (κ3) is 3.51. The summed E-state index contributed by atoms with van der Waals surface area (Å²) in [6, 6.07) is 16.1. The van der Waals surface area contributed by atoms with E-state index < -0.39 is 0 Å². The number of aryl methyl sites for hydroxylation is 1. The number of hydrogen-bond acceptors (Lipinski definition) is 1. The van der Waals surface area contributed by atoms with Gasteiger partial charge in [-0.1, -0.05) is 37.6 Å². The van der Waals surface area contributed by atoms with Gasteiger partial charge < -0.3 is 4.74 Å². The van der Waals surface area contributed by atoms with Crippen molar-refractivity contribution < 1.29 is 4.74 Å². The topological polar surface area (TPSA) is 9.23 Å². The van der Waals surface area contributed by atoms with Crippen molar-refractivity contribution in [1.82, 2.24) is 0 Å². The molecule has 0 aliphatic heterocycles. The van der Waals surface area contributed by atoms with Gasteiger partial charge in [-0.25, -0.2) is 0 Å². The van der Waals surface area contributed by atoms with E-state index in [1.54, 1.807) is 0 Å². The first-order chi connectivity index (χ1) is 8.81. The Morgan fingerprint density at radius 1 is 0.944 bits per heavy atom. The molecule has 2 heteroatoms. The fourth-order valence-electron chi connectivity index (χ4n) is 1.84. The van der Waals surface area contributed by atoms with Gasteiger partial charge in [0.1, 0.15) is 11.5 Å². The van der Waals surface area contributed by atoms with Crippen LogP contribution in [0.1, 0.15) is 24.5 Å². The van der Waals surface area contributed by atoms with Gasteiger partial charge in [-0.3, -0.25) is 0 Å². The highest BCUT2D eigenvalue weighted by Gasteiger charge is 1.99. The zero-order chi connectivity index (χ0) is 12.8. The first kappa shape index (κ1) is 13.0. The third-order valence-corrected chi connectivity index (χ3v) is 3.06. The van der Waals surface area contributed by atoms with E-state index in [0.717, 1.165) is 29.9 Å². The highest BCUT2D eigenvalue weighted by molar-refractivity contribution is 6.17. The summed E-state index contributed by atoms with van der Waals surface area (Å²) in [5, 5.41) is 0. The van der Waals surface area contributed by atoms with E-state index >= 15 is 0 Å². The van der Waals surface area contributed by atoms with Crippen LogP contribution in [0.15, 0.2) is 48.5 Å². The summed E-state index contributed by atoms with van der Waals surface area (Å²) in [7, 11) is 0. The molecular weight excluding hydrogens is 244 g/mol. The van der Waals surface area contributed by atoms with E-state index in [4.69, 9.17) is 16.3 Å². The predicted molar refractivity (Wildman–Crippen MR) is 76.5 cm³/mol. The number of ether oxygens (including phenoxy) is 1. The van der Waals surface area contributed by atoms with E-state index in [1.807, 2.05) is 36.4 Å². The maximum atomic E-state index is 5.82. The minimum Gasteiger partial charge on any atom is -0.457 e. The van der Waals surface area contributed by atoms with Crippen molar-refractivity contribution in [3.05, 3.63) is 59.7 Å². The van der Waals surface area contributed by atoms with E-state index in [2.05, 4.69) is 19.1 Å².